The summed E-state index contributed by atoms with van der Waals surface area (Å²) >= 11 is 0. The predicted octanol–water partition coefficient (Wildman–Crippen LogP) is 3.01. The highest BCUT2D eigenvalue weighted by Gasteiger charge is 1.93. The van der Waals surface area contributed by atoms with Gasteiger partial charge in [0.2, 0.25) is 0 Å². The SMILES string of the molecule is CCCCCCOCCOC(C)C. The first-order valence-electron chi connectivity index (χ1n) is 5.46. The van der Waals surface area contributed by atoms with Crippen LogP contribution in [0.15, 0.2) is 0 Å². The molecule has 13 heavy (non-hydrogen) atoms. The maximum atomic E-state index is 5.41. The molecule has 0 aromatic rings. The smallest absolute Gasteiger partial charge is 0.0703 e. The average Bonchev–Trinajstić information content (AvgIpc) is 2.09. The fourth-order valence-corrected chi connectivity index (χ4v) is 1.08. The molecule has 0 amide bonds. The first-order chi connectivity index (χ1) is 6.27. The molecular formula is C11H24O2. The molecule has 0 aliphatic carbocycles. The summed E-state index contributed by atoms with van der Waals surface area (Å²) < 4.78 is 10.8. The van der Waals surface area contributed by atoms with Crippen LogP contribution < -0.4 is 0 Å². The topological polar surface area (TPSA) is 18.5 Å². The van der Waals surface area contributed by atoms with Gasteiger partial charge in [-0.2, -0.15) is 0 Å². The highest BCUT2D eigenvalue weighted by molar-refractivity contribution is 4.40. The Morgan fingerprint density at radius 3 is 2.31 bits per heavy atom. The van der Waals surface area contributed by atoms with Gasteiger partial charge in [-0.3, -0.25) is 0 Å². The molecular weight excluding hydrogens is 164 g/mol. The van der Waals surface area contributed by atoms with Gasteiger partial charge in [0.25, 0.3) is 0 Å². The molecule has 0 N–H and O–H groups in total. The average molecular weight is 188 g/mol. The molecule has 2 nitrogen and oxygen atoms in total. The molecule has 0 heterocycles. The van der Waals surface area contributed by atoms with E-state index in [0.717, 1.165) is 19.8 Å². The molecule has 0 aliphatic rings. The minimum Gasteiger partial charge on any atom is -0.379 e. The molecule has 0 bridgehead atoms. The Morgan fingerprint density at radius 1 is 0.923 bits per heavy atom. The summed E-state index contributed by atoms with van der Waals surface area (Å²) in [5.74, 6) is 0. The third-order valence-corrected chi connectivity index (χ3v) is 1.82. The summed E-state index contributed by atoms with van der Waals surface area (Å²) in [6, 6.07) is 0. The number of unbranched alkanes of at least 4 members (excludes halogenated alkanes) is 3. The van der Waals surface area contributed by atoms with Gasteiger partial charge in [-0.1, -0.05) is 26.2 Å². The van der Waals surface area contributed by atoms with Gasteiger partial charge in [-0.25, -0.2) is 0 Å². The van der Waals surface area contributed by atoms with E-state index in [4.69, 9.17) is 9.47 Å². The van der Waals surface area contributed by atoms with Gasteiger partial charge in [0.1, 0.15) is 0 Å². The maximum Gasteiger partial charge on any atom is 0.0703 e. The third-order valence-electron chi connectivity index (χ3n) is 1.82. The van der Waals surface area contributed by atoms with Crippen LogP contribution in [0.2, 0.25) is 0 Å². The molecule has 0 spiro atoms. The zero-order valence-electron chi connectivity index (χ0n) is 9.34. The van der Waals surface area contributed by atoms with Gasteiger partial charge in [-0.05, 0) is 20.3 Å². The normalized spacial score (nSPS) is 11.1. The second kappa shape index (κ2) is 10.0. The number of hydrogen-bond donors (Lipinski definition) is 0. The molecule has 0 atom stereocenters. The molecule has 0 aromatic carbocycles. The van der Waals surface area contributed by atoms with E-state index >= 15 is 0 Å². The predicted molar refractivity (Wildman–Crippen MR) is 56.0 cm³/mol. The lowest BCUT2D eigenvalue weighted by molar-refractivity contribution is 0.0187. The van der Waals surface area contributed by atoms with Gasteiger partial charge in [0.05, 0.1) is 19.3 Å². The van der Waals surface area contributed by atoms with Crippen LogP contribution in [0, 0.1) is 0 Å². The molecule has 0 fully saturated rings. The molecule has 0 aromatic heterocycles. The van der Waals surface area contributed by atoms with E-state index < -0.39 is 0 Å². The summed E-state index contributed by atoms with van der Waals surface area (Å²) in [4.78, 5) is 0. The maximum absolute atomic E-state index is 5.41. The van der Waals surface area contributed by atoms with Gasteiger partial charge >= 0.3 is 0 Å². The minimum absolute atomic E-state index is 0.323. The molecule has 0 unspecified atom stereocenters. The van der Waals surface area contributed by atoms with E-state index in [2.05, 4.69) is 6.92 Å². The van der Waals surface area contributed by atoms with Crippen LogP contribution in [-0.4, -0.2) is 25.9 Å². The van der Waals surface area contributed by atoms with Crippen LogP contribution >= 0.6 is 0 Å². The monoisotopic (exact) mass is 188 g/mol. The Morgan fingerprint density at radius 2 is 1.69 bits per heavy atom. The Balaban J connectivity index is 2.84. The third kappa shape index (κ3) is 11.9. The fraction of sp³-hybridized carbons (Fsp3) is 1.00. The van der Waals surface area contributed by atoms with Gasteiger partial charge in [-0.15, -0.1) is 0 Å². The summed E-state index contributed by atoms with van der Waals surface area (Å²) in [7, 11) is 0. The summed E-state index contributed by atoms with van der Waals surface area (Å²) in [6.45, 7) is 8.66. The molecule has 0 saturated carbocycles. The quantitative estimate of drug-likeness (QED) is 0.518. The van der Waals surface area contributed by atoms with Crippen LogP contribution in [0.1, 0.15) is 46.5 Å². The van der Waals surface area contributed by atoms with Crippen LogP contribution in [0.4, 0.5) is 0 Å². The number of hydrogen-bond acceptors (Lipinski definition) is 2. The summed E-state index contributed by atoms with van der Waals surface area (Å²) in [5.41, 5.74) is 0. The molecule has 0 aliphatic heterocycles. The lowest BCUT2D eigenvalue weighted by Gasteiger charge is -2.07. The minimum atomic E-state index is 0.323. The zero-order chi connectivity index (χ0) is 9.94. The van der Waals surface area contributed by atoms with Crippen molar-refractivity contribution >= 4 is 0 Å². The lowest BCUT2D eigenvalue weighted by Crippen LogP contribution is -2.09. The fourth-order valence-electron chi connectivity index (χ4n) is 1.08. The van der Waals surface area contributed by atoms with Crippen LogP contribution in [0.5, 0.6) is 0 Å². The lowest BCUT2D eigenvalue weighted by atomic mass is 10.2. The molecule has 0 rings (SSSR count). The van der Waals surface area contributed by atoms with E-state index in [1.807, 2.05) is 13.8 Å². The van der Waals surface area contributed by atoms with Crippen molar-refractivity contribution in [1.82, 2.24) is 0 Å². The Labute approximate surface area is 82.6 Å². The van der Waals surface area contributed by atoms with Crippen molar-refractivity contribution in [2.75, 3.05) is 19.8 Å². The largest absolute Gasteiger partial charge is 0.379 e. The summed E-state index contributed by atoms with van der Waals surface area (Å²) in [5, 5.41) is 0. The Kier molecular flexibility index (Phi) is 9.94. The van der Waals surface area contributed by atoms with E-state index in [9.17, 15) is 0 Å². The summed E-state index contributed by atoms with van der Waals surface area (Å²) in [6.07, 6.45) is 5.42. The molecule has 0 radical (unpaired) electrons. The first-order valence-corrected chi connectivity index (χ1v) is 5.46. The van der Waals surface area contributed by atoms with Gasteiger partial charge < -0.3 is 9.47 Å². The van der Waals surface area contributed by atoms with E-state index in [0.29, 0.717) is 6.10 Å². The van der Waals surface area contributed by atoms with E-state index in [-0.39, 0.29) is 0 Å². The standard InChI is InChI=1S/C11H24O2/c1-4-5-6-7-8-12-9-10-13-11(2)3/h11H,4-10H2,1-3H3. The molecule has 0 saturated heterocycles. The van der Waals surface area contributed by atoms with Crippen molar-refractivity contribution < 1.29 is 9.47 Å². The van der Waals surface area contributed by atoms with Crippen molar-refractivity contribution in [1.29, 1.82) is 0 Å². The number of ether oxygens (including phenoxy) is 2. The van der Waals surface area contributed by atoms with Gasteiger partial charge in [0.15, 0.2) is 0 Å². The second-order valence-electron chi connectivity index (χ2n) is 3.59. The Hall–Kier alpha value is -0.0800. The van der Waals surface area contributed by atoms with E-state index in [1.165, 1.54) is 25.7 Å². The highest BCUT2D eigenvalue weighted by Crippen LogP contribution is 1.98. The van der Waals surface area contributed by atoms with Crippen LogP contribution in [-0.2, 0) is 9.47 Å². The molecule has 2 heteroatoms. The van der Waals surface area contributed by atoms with Crippen LogP contribution in [0.3, 0.4) is 0 Å². The van der Waals surface area contributed by atoms with Crippen molar-refractivity contribution in [3.63, 3.8) is 0 Å². The van der Waals surface area contributed by atoms with E-state index in [1.54, 1.807) is 0 Å². The second-order valence-corrected chi connectivity index (χ2v) is 3.59. The van der Waals surface area contributed by atoms with Crippen molar-refractivity contribution in [2.24, 2.45) is 0 Å². The Bertz CT molecular complexity index is 92.1. The van der Waals surface area contributed by atoms with Crippen molar-refractivity contribution in [3.8, 4) is 0 Å². The van der Waals surface area contributed by atoms with Crippen molar-refractivity contribution in [3.05, 3.63) is 0 Å². The highest BCUT2D eigenvalue weighted by atomic mass is 16.5. The molecule has 80 valence electrons. The number of rotatable bonds is 9. The van der Waals surface area contributed by atoms with Crippen LogP contribution in [0.25, 0.3) is 0 Å². The van der Waals surface area contributed by atoms with Crippen molar-refractivity contribution in [2.45, 2.75) is 52.6 Å². The first kappa shape index (κ1) is 12.9. The van der Waals surface area contributed by atoms with Gasteiger partial charge in [0, 0.05) is 6.61 Å². The zero-order valence-corrected chi connectivity index (χ0v) is 9.34.